The van der Waals surface area contributed by atoms with E-state index in [-0.39, 0.29) is 6.04 Å². The third-order valence-corrected chi connectivity index (χ3v) is 5.82. The van der Waals surface area contributed by atoms with Crippen molar-refractivity contribution in [3.63, 3.8) is 0 Å². The van der Waals surface area contributed by atoms with Gasteiger partial charge in [0.1, 0.15) is 5.75 Å². The van der Waals surface area contributed by atoms with Gasteiger partial charge in [0.05, 0.1) is 18.7 Å². The van der Waals surface area contributed by atoms with Crippen LogP contribution in [0.2, 0.25) is 0 Å². The molecule has 9 heteroatoms. The van der Waals surface area contributed by atoms with Crippen molar-refractivity contribution in [3.05, 3.63) is 48.7 Å². The number of aromatic nitrogens is 1. The normalized spacial score (nSPS) is 27.0. The predicted octanol–water partition coefficient (Wildman–Crippen LogP) is 2.52. The lowest BCUT2D eigenvalue weighted by Crippen LogP contribution is -2.54. The number of fused-ring (bicyclic) bond motifs is 4. The van der Waals surface area contributed by atoms with Gasteiger partial charge in [-0.2, -0.15) is 8.42 Å². The lowest BCUT2D eigenvalue weighted by molar-refractivity contribution is -0.0444. The molecule has 1 unspecified atom stereocenters. The SMILES string of the molecule is C=C[C@H]1CN2CC[C@H]1C[C@@H]2[C@H](O)c1ccnc2ccc(OC)cc12.O=S(=O)(O)O. The molecule has 2 aromatic rings. The number of hydrogen-bond acceptors (Lipinski definition) is 6. The van der Waals surface area contributed by atoms with Gasteiger partial charge in [-0.3, -0.25) is 19.0 Å². The van der Waals surface area contributed by atoms with Gasteiger partial charge in [0.2, 0.25) is 0 Å². The zero-order valence-corrected chi connectivity index (χ0v) is 17.0. The third-order valence-electron chi connectivity index (χ3n) is 5.82. The summed E-state index contributed by atoms with van der Waals surface area (Å²) in [7, 11) is -3.01. The van der Waals surface area contributed by atoms with Gasteiger partial charge in [-0.25, -0.2) is 0 Å². The van der Waals surface area contributed by atoms with Crippen molar-refractivity contribution in [2.24, 2.45) is 11.8 Å². The van der Waals surface area contributed by atoms with Crippen molar-refractivity contribution in [2.75, 3.05) is 20.2 Å². The topological polar surface area (TPSA) is 120 Å². The molecular weight excluding hydrogens is 396 g/mol. The first-order valence-electron chi connectivity index (χ1n) is 9.38. The van der Waals surface area contributed by atoms with Crippen molar-refractivity contribution < 1.29 is 27.4 Å². The predicted molar refractivity (Wildman–Crippen MR) is 109 cm³/mol. The number of hydrogen-bond donors (Lipinski definition) is 3. The molecule has 3 aliphatic rings. The lowest BCUT2D eigenvalue weighted by atomic mass is 9.73. The Bertz CT molecular complexity index is 972. The zero-order chi connectivity index (χ0) is 21.2. The minimum Gasteiger partial charge on any atom is -0.497 e. The highest BCUT2D eigenvalue weighted by molar-refractivity contribution is 7.79. The molecule has 1 aromatic carbocycles. The van der Waals surface area contributed by atoms with Crippen molar-refractivity contribution in [1.82, 2.24) is 9.88 Å². The summed E-state index contributed by atoms with van der Waals surface area (Å²) in [5, 5.41) is 12.1. The van der Waals surface area contributed by atoms with E-state index in [1.165, 1.54) is 6.42 Å². The summed E-state index contributed by atoms with van der Waals surface area (Å²) in [6.07, 6.45) is 5.62. The molecular formula is C20H26N2O6S. The highest BCUT2D eigenvalue weighted by atomic mass is 32.3. The van der Waals surface area contributed by atoms with E-state index in [0.29, 0.717) is 11.8 Å². The quantitative estimate of drug-likeness (QED) is 0.508. The summed E-state index contributed by atoms with van der Waals surface area (Å²) in [5.41, 5.74) is 1.85. The lowest BCUT2D eigenvalue weighted by Gasteiger charge is -2.50. The average molecular weight is 423 g/mol. The second kappa shape index (κ2) is 8.76. The highest BCUT2D eigenvalue weighted by Gasteiger charge is 2.42. The fourth-order valence-electron chi connectivity index (χ4n) is 4.44. The van der Waals surface area contributed by atoms with E-state index in [1.807, 2.05) is 24.3 Å². The maximum Gasteiger partial charge on any atom is 0.394 e. The maximum absolute atomic E-state index is 11.2. The number of nitrogens with zero attached hydrogens (tertiary/aromatic N) is 2. The second-order valence-electron chi connectivity index (χ2n) is 7.42. The Morgan fingerprint density at radius 3 is 2.66 bits per heavy atom. The van der Waals surface area contributed by atoms with Gasteiger partial charge in [-0.1, -0.05) is 6.08 Å². The van der Waals surface area contributed by atoms with E-state index in [9.17, 15) is 5.11 Å². The summed E-state index contributed by atoms with van der Waals surface area (Å²) in [6.45, 7) is 6.07. The van der Waals surface area contributed by atoms with Gasteiger partial charge in [0.25, 0.3) is 0 Å². The molecule has 8 nitrogen and oxygen atoms in total. The summed E-state index contributed by atoms with van der Waals surface area (Å²) < 4.78 is 36.9. The molecule has 3 N–H and O–H groups in total. The molecule has 0 spiro atoms. The standard InChI is InChI=1S/C20H24N2O2.H2O4S/c1-3-13-12-22-9-7-14(13)10-19(22)20(23)16-6-8-21-18-5-4-15(24-2)11-17(16)18;1-5(2,3)4/h3-6,8,11,13-14,19-20,23H,1,7,9-10,12H2,2H3;(H2,1,2,3,4)/t13-,14-,19+,20+;/m0./s1. The fraction of sp³-hybridized carbons (Fsp3) is 0.450. The van der Waals surface area contributed by atoms with Crippen LogP contribution in [0.3, 0.4) is 0 Å². The highest BCUT2D eigenvalue weighted by Crippen LogP contribution is 2.42. The fourth-order valence-corrected chi connectivity index (χ4v) is 4.44. The zero-order valence-electron chi connectivity index (χ0n) is 16.2. The van der Waals surface area contributed by atoms with Crippen LogP contribution in [0.4, 0.5) is 0 Å². The van der Waals surface area contributed by atoms with Crippen LogP contribution in [-0.2, 0) is 10.4 Å². The first-order chi connectivity index (χ1) is 13.7. The molecule has 0 aliphatic carbocycles. The minimum absolute atomic E-state index is 0.178. The number of methoxy groups -OCH3 is 1. The third kappa shape index (κ3) is 5.12. The number of ether oxygens (including phenoxy) is 1. The van der Waals surface area contributed by atoms with Crippen molar-refractivity contribution in [1.29, 1.82) is 0 Å². The van der Waals surface area contributed by atoms with Crippen LogP contribution in [0.5, 0.6) is 5.75 Å². The number of rotatable bonds is 4. The van der Waals surface area contributed by atoms with Gasteiger partial charge < -0.3 is 9.84 Å². The van der Waals surface area contributed by atoms with Crippen molar-refractivity contribution >= 4 is 21.3 Å². The molecule has 3 aliphatic heterocycles. The Kier molecular flexibility index (Phi) is 6.55. The van der Waals surface area contributed by atoms with Crippen molar-refractivity contribution in [2.45, 2.75) is 25.0 Å². The molecule has 3 fully saturated rings. The molecule has 2 bridgehead atoms. The number of piperidine rings is 3. The molecule has 3 saturated heterocycles. The van der Waals surface area contributed by atoms with Gasteiger partial charge in [-0.15, -0.1) is 6.58 Å². The van der Waals surface area contributed by atoms with Gasteiger partial charge in [0.15, 0.2) is 0 Å². The van der Waals surface area contributed by atoms with E-state index in [1.54, 1.807) is 13.3 Å². The molecule has 4 heterocycles. The van der Waals surface area contributed by atoms with Crippen molar-refractivity contribution in [3.8, 4) is 5.75 Å². The molecule has 29 heavy (non-hydrogen) atoms. The largest absolute Gasteiger partial charge is 0.497 e. The van der Waals surface area contributed by atoms with Gasteiger partial charge in [0, 0.05) is 24.2 Å². The molecule has 5 rings (SSSR count). The maximum atomic E-state index is 11.2. The monoisotopic (exact) mass is 422 g/mol. The number of aliphatic hydroxyl groups is 1. The Labute approximate surface area is 170 Å². The molecule has 0 amide bonds. The second-order valence-corrected chi connectivity index (χ2v) is 8.32. The van der Waals surface area contributed by atoms with E-state index in [0.717, 1.165) is 41.7 Å². The number of pyridine rings is 1. The smallest absolute Gasteiger partial charge is 0.394 e. The average Bonchev–Trinajstić information content (AvgIpc) is 2.71. The first-order valence-corrected chi connectivity index (χ1v) is 10.8. The minimum atomic E-state index is -4.67. The number of aliphatic hydroxyl groups excluding tert-OH is 1. The molecule has 5 atom stereocenters. The Morgan fingerprint density at radius 1 is 1.34 bits per heavy atom. The summed E-state index contributed by atoms with van der Waals surface area (Å²) in [6, 6.07) is 7.96. The van der Waals surface area contributed by atoms with E-state index in [2.05, 4.69) is 22.5 Å². The van der Waals surface area contributed by atoms with Crippen LogP contribution < -0.4 is 4.74 Å². The van der Waals surface area contributed by atoms with Crippen LogP contribution in [-0.4, -0.2) is 58.8 Å². The Morgan fingerprint density at radius 2 is 2.07 bits per heavy atom. The summed E-state index contributed by atoms with van der Waals surface area (Å²) >= 11 is 0. The Hall–Kier alpha value is -2.04. The van der Waals surface area contributed by atoms with Crippen LogP contribution in [0.25, 0.3) is 10.9 Å². The summed E-state index contributed by atoms with van der Waals surface area (Å²) in [5.74, 6) is 2.01. The molecule has 0 saturated carbocycles. The molecule has 0 radical (unpaired) electrons. The Balaban J connectivity index is 0.000000431. The summed E-state index contributed by atoms with van der Waals surface area (Å²) in [4.78, 5) is 6.86. The molecule has 158 valence electrons. The van der Waals surface area contributed by atoms with Crippen LogP contribution in [0.15, 0.2) is 43.1 Å². The van der Waals surface area contributed by atoms with E-state index >= 15 is 0 Å². The van der Waals surface area contributed by atoms with E-state index < -0.39 is 16.5 Å². The van der Waals surface area contributed by atoms with Crippen LogP contribution in [0, 0.1) is 11.8 Å². The van der Waals surface area contributed by atoms with Gasteiger partial charge >= 0.3 is 10.4 Å². The number of benzene rings is 1. The van der Waals surface area contributed by atoms with Crippen LogP contribution in [0.1, 0.15) is 24.5 Å². The van der Waals surface area contributed by atoms with Gasteiger partial charge in [-0.05, 0) is 61.1 Å². The first kappa shape index (κ1) is 21.7. The van der Waals surface area contributed by atoms with Crippen LogP contribution >= 0.6 is 0 Å². The molecule has 1 aromatic heterocycles. The van der Waals surface area contributed by atoms with E-state index in [4.69, 9.17) is 22.3 Å².